The van der Waals surface area contributed by atoms with Gasteiger partial charge in [-0.2, -0.15) is 10.1 Å². The van der Waals surface area contributed by atoms with Crippen molar-refractivity contribution in [3.63, 3.8) is 0 Å². The van der Waals surface area contributed by atoms with Crippen molar-refractivity contribution in [2.75, 3.05) is 19.6 Å². The van der Waals surface area contributed by atoms with Gasteiger partial charge in [0.1, 0.15) is 0 Å². The molecule has 0 radical (unpaired) electrons. The Bertz CT molecular complexity index is 1170. The number of aryl methyl sites for hydroxylation is 2. The lowest BCUT2D eigenvalue weighted by Crippen LogP contribution is -2.39. The maximum Gasteiger partial charge on any atom is 0.332 e. The van der Waals surface area contributed by atoms with Crippen LogP contribution >= 0.6 is 0 Å². The predicted molar refractivity (Wildman–Crippen MR) is 107 cm³/mol. The van der Waals surface area contributed by atoms with Crippen LogP contribution in [0, 0.1) is 0 Å². The van der Waals surface area contributed by atoms with Crippen molar-refractivity contribution in [1.29, 1.82) is 0 Å². The minimum absolute atomic E-state index is 0.285. The Kier molecular flexibility index (Phi) is 5.21. The Hall–Kier alpha value is -3.56. The van der Waals surface area contributed by atoms with E-state index in [4.69, 9.17) is 9.47 Å². The molecule has 0 amide bonds. The van der Waals surface area contributed by atoms with Gasteiger partial charge in [0, 0.05) is 20.6 Å². The van der Waals surface area contributed by atoms with Crippen LogP contribution in [0.5, 0.6) is 11.5 Å². The van der Waals surface area contributed by atoms with Gasteiger partial charge in [-0.25, -0.2) is 10.2 Å². The summed E-state index contributed by atoms with van der Waals surface area (Å²) in [4.78, 5) is 29.2. The molecule has 148 valence electrons. The lowest BCUT2D eigenvalue weighted by molar-refractivity contribution is 0.355. The summed E-state index contributed by atoms with van der Waals surface area (Å²) < 4.78 is 14.6. The van der Waals surface area contributed by atoms with E-state index in [0.29, 0.717) is 28.6 Å². The maximum absolute atomic E-state index is 12.6. The summed E-state index contributed by atoms with van der Waals surface area (Å²) in [6.07, 6.45) is 1.59. The number of rotatable bonds is 6. The fraction of sp³-hybridized carbons (Fsp3) is 0.333. The SMILES string of the molecule is CCn1c(=O)c2c(nc(N/N=C\c3ccc(OC)c(OC)c3)n2C)n(C)c1=O. The van der Waals surface area contributed by atoms with Gasteiger partial charge in [-0.3, -0.25) is 13.9 Å². The van der Waals surface area contributed by atoms with Crippen LogP contribution in [0.15, 0.2) is 32.9 Å². The quantitative estimate of drug-likeness (QED) is 0.499. The number of nitrogens with zero attached hydrogens (tertiary/aromatic N) is 5. The number of nitrogens with one attached hydrogen (secondary N) is 1. The van der Waals surface area contributed by atoms with Gasteiger partial charge in [0.15, 0.2) is 22.7 Å². The van der Waals surface area contributed by atoms with Gasteiger partial charge >= 0.3 is 5.69 Å². The second-order valence-electron chi connectivity index (χ2n) is 6.04. The molecule has 3 rings (SSSR count). The van der Waals surface area contributed by atoms with Crippen LogP contribution < -0.4 is 26.1 Å². The molecule has 10 heteroatoms. The smallest absolute Gasteiger partial charge is 0.332 e. The Balaban J connectivity index is 1.96. The van der Waals surface area contributed by atoms with Crippen LogP contribution in [0.2, 0.25) is 0 Å². The van der Waals surface area contributed by atoms with E-state index in [1.165, 1.54) is 9.13 Å². The van der Waals surface area contributed by atoms with Crippen LogP contribution in [0.25, 0.3) is 11.2 Å². The molecule has 0 unspecified atom stereocenters. The van der Waals surface area contributed by atoms with E-state index in [-0.39, 0.29) is 12.1 Å². The molecular weight excluding hydrogens is 364 g/mol. The van der Waals surface area contributed by atoms with Gasteiger partial charge < -0.3 is 14.0 Å². The van der Waals surface area contributed by atoms with E-state index >= 15 is 0 Å². The second kappa shape index (κ2) is 7.59. The number of hydrogen-bond acceptors (Lipinski definition) is 7. The predicted octanol–water partition coefficient (Wildman–Crippen LogP) is 0.917. The van der Waals surface area contributed by atoms with Crippen molar-refractivity contribution in [1.82, 2.24) is 18.7 Å². The topological polar surface area (TPSA) is 105 Å². The first-order chi connectivity index (χ1) is 13.4. The largest absolute Gasteiger partial charge is 0.493 e. The molecule has 28 heavy (non-hydrogen) atoms. The molecule has 0 bridgehead atoms. The Morgan fingerprint density at radius 2 is 1.86 bits per heavy atom. The van der Waals surface area contributed by atoms with Crippen molar-refractivity contribution in [2.24, 2.45) is 19.2 Å². The molecule has 3 aromatic rings. The number of fused-ring (bicyclic) bond motifs is 1. The molecule has 10 nitrogen and oxygen atoms in total. The summed E-state index contributed by atoms with van der Waals surface area (Å²) in [7, 11) is 6.40. The zero-order valence-corrected chi connectivity index (χ0v) is 16.4. The van der Waals surface area contributed by atoms with Gasteiger partial charge in [-0.1, -0.05) is 0 Å². The third kappa shape index (κ3) is 3.13. The summed E-state index contributed by atoms with van der Waals surface area (Å²) in [5.74, 6) is 1.55. The number of aromatic nitrogens is 4. The summed E-state index contributed by atoms with van der Waals surface area (Å²) in [6, 6.07) is 5.38. The molecule has 0 spiro atoms. The molecule has 0 aliphatic rings. The van der Waals surface area contributed by atoms with Crippen molar-refractivity contribution >= 4 is 23.3 Å². The first-order valence-electron chi connectivity index (χ1n) is 8.60. The zero-order valence-electron chi connectivity index (χ0n) is 16.4. The number of benzene rings is 1. The van der Waals surface area contributed by atoms with Gasteiger partial charge in [-0.15, -0.1) is 0 Å². The molecule has 0 saturated carbocycles. The maximum atomic E-state index is 12.6. The Morgan fingerprint density at radius 3 is 2.50 bits per heavy atom. The van der Waals surface area contributed by atoms with Crippen LogP contribution in [0.1, 0.15) is 12.5 Å². The highest BCUT2D eigenvalue weighted by atomic mass is 16.5. The molecular formula is C18H22N6O4. The van der Waals surface area contributed by atoms with Crippen molar-refractivity contribution in [3.05, 3.63) is 44.6 Å². The molecule has 2 aromatic heterocycles. The van der Waals surface area contributed by atoms with E-state index < -0.39 is 5.69 Å². The second-order valence-corrected chi connectivity index (χ2v) is 6.04. The van der Waals surface area contributed by atoms with E-state index in [1.807, 2.05) is 6.07 Å². The molecule has 0 saturated heterocycles. The van der Waals surface area contributed by atoms with E-state index in [1.54, 1.807) is 58.2 Å². The number of anilines is 1. The molecule has 1 aromatic carbocycles. The number of hydrazone groups is 1. The van der Waals surface area contributed by atoms with Gasteiger partial charge in [-0.05, 0) is 30.7 Å². The first-order valence-corrected chi connectivity index (χ1v) is 8.60. The van der Waals surface area contributed by atoms with Gasteiger partial charge in [0.2, 0.25) is 5.95 Å². The van der Waals surface area contributed by atoms with Crippen LogP contribution in [-0.4, -0.2) is 39.1 Å². The summed E-state index contributed by atoms with van der Waals surface area (Å²) in [6.45, 7) is 2.03. The average molecular weight is 386 g/mol. The van der Waals surface area contributed by atoms with Crippen molar-refractivity contribution < 1.29 is 9.47 Å². The van der Waals surface area contributed by atoms with Crippen LogP contribution in [0.4, 0.5) is 5.95 Å². The third-order valence-electron chi connectivity index (χ3n) is 4.46. The highest BCUT2D eigenvalue weighted by molar-refractivity contribution is 5.81. The summed E-state index contributed by atoms with van der Waals surface area (Å²) in [5.41, 5.74) is 3.43. The minimum Gasteiger partial charge on any atom is -0.493 e. The van der Waals surface area contributed by atoms with Crippen LogP contribution in [-0.2, 0) is 20.6 Å². The Morgan fingerprint density at radius 1 is 1.14 bits per heavy atom. The minimum atomic E-state index is -0.404. The van der Waals surface area contributed by atoms with E-state index in [2.05, 4.69) is 15.5 Å². The first kappa shape index (κ1) is 19.2. The lowest BCUT2D eigenvalue weighted by atomic mass is 10.2. The summed E-state index contributed by atoms with van der Waals surface area (Å²) >= 11 is 0. The zero-order chi connectivity index (χ0) is 20.4. The standard InChI is InChI=1S/C18H22N6O4/c1-6-24-16(25)14-15(23(3)18(24)26)20-17(22(14)2)21-19-10-11-7-8-12(27-4)13(9-11)28-5/h7-10H,6H2,1-5H3,(H,20,21)/b19-10-. The molecule has 0 atom stereocenters. The molecule has 2 heterocycles. The van der Waals surface area contributed by atoms with E-state index in [9.17, 15) is 9.59 Å². The third-order valence-corrected chi connectivity index (χ3v) is 4.46. The highest BCUT2D eigenvalue weighted by Gasteiger charge is 2.17. The number of ether oxygens (including phenoxy) is 2. The van der Waals surface area contributed by atoms with Crippen LogP contribution in [0.3, 0.4) is 0 Å². The normalized spacial score (nSPS) is 11.3. The van der Waals surface area contributed by atoms with E-state index in [0.717, 1.165) is 5.56 Å². The highest BCUT2D eigenvalue weighted by Crippen LogP contribution is 2.26. The molecule has 1 N–H and O–H groups in total. The fourth-order valence-corrected chi connectivity index (χ4v) is 2.92. The lowest BCUT2D eigenvalue weighted by Gasteiger charge is -2.07. The number of methoxy groups -OCH3 is 2. The molecule has 0 aliphatic carbocycles. The Labute approximate surface area is 160 Å². The molecule has 0 aliphatic heterocycles. The van der Waals surface area contributed by atoms with Crippen molar-refractivity contribution in [3.8, 4) is 11.5 Å². The van der Waals surface area contributed by atoms with Crippen molar-refractivity contribution in [2.45, 2.75) is 13.5 Å². The van der Waals surface area contributed by atoms with Gasteiger partial charge in [0.25, 0.3) is 5.56 Å². The fourth-order valence-electron chi connectivity index (χ4n) is 2.92. The summed E-state index contributed by atoms with van der Waals surface area (Å²) in [5, 5.41) is 4.17. The van der Waals surface area contributed by atoms with Gasteiger partial charge in [0.05, 0.1) is 20.4 Å². The number of imidazole rings is 1. The molecule has 0 fully saturated rings. The monoisotopic (exact) mass is 386 g/mol. The number of hydrogen-bond donors (Lipinski definition) is 1. The average Bonchev–Trinajstić information content (AvgIpc) is 3.03.